The molecule has 0 rings (SSSR count). The normalized spacial score (nSPS) is 13.1. The molecule has 0 atom stereocenters. The first-order chi connectivity index (χ1) is 6.56. The van der Waals surface area contributed by atoms with E-state index in [9.17, 15) is 0 Å². The van der Waals surface area contributed by atoms with Crippen molar-refractivity contribution in [2.24, 2.45) is 0 Å². The number of hydrogen-bond donors (Lipinski definition) is 0. The molecule has 0 unspecified atom stereocenters. The summed E-state index contributed by atoms with van der Waals surface area (Å²) in [5, 5.41) is 0. The first-order valence-corrected chi connectivity index (χ1v) is 10.4. The highest BCUT2D eigenvalue weighted by molar-refractivity contribution is 9.58. The van der Waals surface area contributed by atoms with Gasteiger partial charge in [0.1, 0.15) is 0 Å². The van der Waals surface area contributed by atoms with Crippen LogP contribution in [0.5, 0.6) is 0 Å². The van der Waals surface area contributed by atoms with Crippen LogP contribution >= 0.6 is 23.3 Å². The number of rotatable bonds is 9. The topological polar surface area (TPSA) is 0 Å². The molecule has 0 radical (unpaired) electrons. The van der Waals surface area contributed by atoms with Gasteiger partial charge in [-0.2, -0.15) is 8.46 Å². The SMILES string of the molecule is CCCCCCCCCCS(C)(C)Br. The molecule has 0 aliphatic carbocycles. The maximum Gasteiger partial charge on any atom is -0.0141 e. The second-order valence-corrected chi connectivity index (χ2v) is 13.1. The van der Waals surface area contributed by atoms with Gasteiger partial charge in [0.15, 0.2) is 0 Å². The van der Waals surface area contributed by atoms with Crippen molar-refractivity contribution in [3.05, 3.63) is 0 Å². The summed E-state index contributed by atoms with van der Waals surface area (Å²) in [4.78, 5) is 0. The first kappa shape index (κ1) is 14.8. The summed E-state index contributed by atoms with van der Waals surface area (Å²) in [5.41, 5.74) is 0. The highest BCUT2D eigenvalue weighted by Crippen LogP contribution is 2.48. The van der Waals surface area contributed by atoms with Gasteiger partial charge in [0.25, 0.3) is 0 Å². The highest BCUT2D eigenvalue weighted by atomic mass is 79.9. The minimum absolute atomic E-state index is 0.413. The fourth-order valence-corrected chi connectivity index (χ4v) is 3.16. The van der Waals surface area contributed by atoms with E-state index in [1.165, 1.54) is 57.1 Å². The van der Waals surface area contributed by atoms with E-state index in [0.717, 1.165) is 0 Å². The van der Waals surface area contributed by atoms with Gasteiger partial charge in [-0.25, -0.2) is 0 Å². The fourth-order valence-electron chi connectivity index (χ4n) is 1.58. The molecule has 0 fully saturated rings. The molecule has 0 aliphatic rings. The first-order valence-electron chi connectivity index (χ1n) is 5.97. The molecule has 0 aliphatic heterocycles. The van der Waals surface area contributed by atoms with Crippen LogP contribution in [0.1, 0.15) is 58.3 Å². The van der Waals surface area contributed by atoms with Gasteiger partial charge in [0, 0.05) is 0 Å². The lowest BCUT2D eigenvalue weighted by molar-refractivity contribution is 0.586. The minimum atomic E-state index is -0.413. The molecular weight excluding hydrogens is 256 g/mol. The molecule has 0 N–H and O–H groups in total. The molecule has 0 heterocycles. The Morgan fingerprint density at radius 2 is 1.21 bits per heavy atom. The molecule has 0 aromatic rings. The molecule has 0 spiro atoms. The Labute approximate surface area is 99.8 Å². The number of unbranched alkanes of at least 4 members (excludes halogenated alkanes) is 7. The van der Waals surface area contributed by atoms with Crippen LogP contribution in [0, 0.1) is 0 Å². The summed E-state index contributed by atoms with van der Waals surface area (Å²) in [5.74, 6) is 1.39. The summed E-state index contributed by atoms with van der Waals surface area (Å²) >= 11 is 3.77. The van der Waals surface area contributed by atoms with E-state index < -0.39 is 8.46 Å². The van der Waals surface area contributed by atoms with Crippen molar-refractivity contribution in [2.75, 3.05) is 18.3 Å². The zero-order valence-corrected chi connectivity index (χ0v) is 12.6. The Morgan fingerprint density at radius 3 is 1.64 bits per heavy atom. The van der Waals surface area contributed by atoms with Gasteiger partial charge in [0.2, 0.25) is 0 Å². The van der Waals surface area contributed by atoms with Crippen molar-refractivity contribution < 1.29 is 0 Å². The van der Waals surface area contributed by atoms with Gasteiger partial charge in [0.05, 0.1) is 0 Å². The Bertz CT molecular complexity index is 118. The lowest BCUT2D eigenvalue weighted by Crippen LogP contribution is -1.92. The van der Waals surface area contributed by atoms with Gasteiger partial charge in [-0.05, 0) is 39.5 Å². The molecule has 0 nitrogen and oxygen atoms in total. The maximum absolute atomic E-state index is 3.77. The smallest absolute Gasteiger partial charge is 0.0141 e. The standard InChI is InChI=1S/C12H27BrS/c1-4-5-6-7-8-9-10-11-12-14(2,3)13/h4-12H2,1-3H3. The molecule has 0 saturated heterocycles. The van der Waals surface area contributed by atoms with Crippen molar-refractivity contribution in [2.45, 2.75) is 58.3 Å². The third-order valence-corrected chi connectivity index (χ3v) is 4.71. The van der Waals surface area contributed by atoms with Crippen LogP contribution < -0.4 is 0 Å². The van der Waals surface area contributed by atoms with Crippen molar-refractivity contribution in [3.8, 4) is 0 Å². The molecule has 0 saturated carbocycles. The molecule has 14 heavy (non-hydrogen) atoms. The molecule has 88 valence electrons. The average molecular weight is 283 g/mol. The maximum atomic E-state index is 3.77. The number of halogens is 1. The largest absolute Gasteiger partial charge is 0.189 e. The van der Waals surface area contributed by atoms with Gasteiger partial charge < -0.3 is 0 Å². The zero-order chi connectivity index (χ0) is 10.9. The van der Waals surface area contributed by atoms with E-state index in [0.29, 0.717) is 0 Å². The van der Waals surface area contributed by atoms with Crippen LogP contribution in [0.4, 0.5) is 0 Å². The van der Waals surface area contributed by atoms with E-state index in [2.05, 4.69) is 34.2 Å². The highest BCUT2D eigenvalue weighted by Gasteiger charge is 2.04. The third kappa shape index (κ3) is 12.8. The Hall–Kier alpha value is 0.830. The van der Waals surface area contributed by atoms with Gasteiger partial charge in [-0.3, -0.25) is 0 Å². The summed E-state index contributed by atoms with van der Waals surface area (Å²) in [7, 11) is -0.413. The summed E-state index contributed by atoms with van der Waals surface area (Å²) < 4.78 is 0. The summed E-state index contributed by atoms with van der Waals surface area (Å²) in [6.07, 6.45) is 16.1. The van der Waals surface area contributed by atoms with E-state index >= 15 is 0 Å². The Kier molecular flexibility index (Phi) is 9.62. The van der Waals surface area contributed by atoms with Gasteiger partial charge >= 0.3 is 0 Å². The predicted octanol–water partition coefficient (Wildman–Crippen LogP) is 5.50. The van der Waals surface area contributed by atoms with Crippen molar-refractivity contribution in [1.82, 2.24) is 0 Å². The van der Waals surface area contributed by atoms with Crippen molar-refractivity contribution in [1.29, 1.82) is 0 Å². The lowest BCUT2D eigenvalue weighted by atomic mass is 10.1. The van der Waals surface area contributed by atoms with Gasteiger partial charge in [-0.15, -0.1) is 0 Å². The van der Waals surface area contributed by atoms with Crippen molar-refractivity contribution in [3.63, 3.8) is 0 Å². The lowest BCUT2D eigenvalue weighted by Gasteiger charge is -2.21. The summed E-state index contributed by atoms with van der Waals surface area (Å²) in [6.45, 7) is 2.28. The molecule has 0 bridgehead atoms. The van der Waals surface area contributed by atoms with Gasteiger partial charge in [-0.1, -0.05) is 51.9 Å². The number of hydrogen-bond acceptors (Lipinski definition) is 0. The van der Waals surface area contributed by atoms with Crippen LogP contribution in [0.2, 0.25) is 0 Å². The monoisotopic (exact) mass is 282 g/mol. The van der Waals surface area contributed by atoms with E-state index in [1.807, 2.05) is 0 Å². The second kappa shape index (κ2) is 9.08. The molecule has 0 amide bonds. The van der Waals surface area contributed by atoms with Crippen LogP contribution in [0.3, 0.4) is 0 Å². The molecule has 2 heteroatoms. The average Bonchev–Trinajstić information content (AvgIpc) is 2.08. The van der Waals surface area contributed by atoms with E-state index in [1.54, 1.807) is 0 Å². The van der Waals surface area contributed by atoms with E-state index in [-0.39, 0.29) is 0 Å². The van der Waals surface area contributed by atoms with Crippen LogP contribution in [0.25, 0.3) is 0 Å². The quantitative estimate of drug-likeness (QED) is 0.490. The van der Waals surface area contributed by atoms with Crippen molar-refractivity contribution >= 4 is 23.3 Å². The Morgan fingerprint density at radius 1 is 0.786 bits per heavy atom. The zero-order valence-electron chi connectivity index (χ0n) is 10.2. The van der Waals surface area contributed by atoms with Crippen LogP contribution in [-0.4, -0.2) is 18.3 Å². The minimum Gasteiger partial charge on any atom is -0.189 e. The molecule has 0 aromatic heterocycles. The fraction of sp³-hybridized carbons (Fsp3) is 1.00. The summed E-state index contributed by atoms with van der Waals surface area (Å²) in [6, 6.07) is 0. The second-order valence-electron chi connectivity index (χ2n) is 4.58. The Balaban J connectivity index is 2.99. The molecule has 0 aromatic carbocycles. The van der Waals surface area contributed by atoms with E-state index in [4.69, 9.17) is 0 Å². The third-order valence-electron chi connectivity index (χ3n) is 2.48. The molecular formula is C12H27BrS. The van der Waals surface area contributed by atoms with Crippen LogP contribution in [-0.2, 0) is 0 Å². The van der Waals surface area contributed by atoms with Crippen LogP contribution in [0.15, 0.2) is 0 Å². The predicted molar refractivity (Wildman–Crippen MR) is 75.8 cm³/mol.